The van der Waals surface area contributed by atoms with Gasteiger partial charge in [-0.3, -0.25) is 9.78 Å². The first-order chi connectivity index (χ1) is 10.5. The summed E-state index contributed by atoms with van der Waals surface area (Å²) in [5.74, 6) is 0.120. The number of aromatic nitrogens is 3. The number of carbonyl (C=O) groups excluding carboxylic acids is 1. The van der Waals surface area contributed by atoms with Crippen molar-refractivity contribution in [2.75, 3.05) is 0 Å². The monoisotopic (exact) mass is 321 g/mol. The largest absolute Gasteiger partial charge is 0.459 e. The Bertz CT molecular complexity index is 765. The van der Waals surface area contributed by atoms with Gasteiger partial charge < -0.3 is 4.74 Å². The highest BCUT2D eigenvalue weighted by molar-refractivity contribution is 7.98. The van der Waals surface area contributed by atoms with E-state index in [0.717, 1.165) is 5.56 Å². The van der Waals surface area contributed by atoms with Crippen molar-refractivity contribution in [3.63, 3.8) is 0 Å². The number of rotatable bonds is 5. The molecule has 0 amide bonds. The minimum Gasteiger partial charge on any atom is -0.459 e. The van der Waals surface area contributed by atoms with Gasteiger partial charge in [0.1, 0.15) is 0 Å². The van der Waals surface area contributed by atoms with Crippen LogP contribution in [-0.4, -0.2) is 27.3 Å². The number of aromatic amines is 2. The number of benzene rings is 1. The SMILES string of the molecule is CC(C)OC(=O)c1ccc(CSc2n[nH]c(=O)[nH]c2=O)cc1. The molecule has 116 valence electrons. The minimum absolute atomic E-state index is 0.166. The molecule has 2 rings (SSSR count). The van der Waals surface area contributed by atoms with Gasteiger partial charge in [0, 0.05) is 5.75 Å². The van der Waals surface area contributed by atoms with Gasteiger partial charge in [0.25, 0.3) is 5.56 Å². The van der Waals surface area contributed by atoms with E-state index in [1.165, 1.54) is 11.8 Å². The van der Waals surface area contributed by atoms with Gasteiger partial charge in [0.05, 0.1) is 11.7 Å². The quantitative estimate of drug-likeness (QED) is 0.635. The molecule has 0 aliphatic carbocycles. The van der Waals surface area contributed by atoms with Crippen molar-refractivity contribution >= 4 is 17.7 Å². The summed E-state index contributed by atoms with van der Waals surface area (Å²) in [6.45, 7) is 3.58. The van der Waals surface area contributed by atoms with Crippen LogP contribution in [0.3, 0.4) is 0 Å². The predicted octanol–water partition coefficient (Wildman–Crippen LogP) is 1.32. The summed E-state index contributed by atoms with van der Waals surface area (Å²) in [6.07, 6.45) is -0.166. The maximum absolute atomic E-state index is 11.7. The van der Waals surface area contributed by atoms with Crippen LogP contribution in [-0.2, 0) is 10.5 Å². The Balaban J connectivity index is 2.01. The molecule has 1 heterocycles. The third-order valence-electron chi connectivity index (χ3n) is 2.59. The normalized spacial score (nSPS) is 10.7. The lowest BCUT2D eigenvalue weighted by Gasteiger charge is -2.08. The fourth-order valence-electron chi connectivity index (χ4n) is 1.61. The summed E-state index contributed by atoms with van der Waals surface area (Å²) in [7, 11) is 0. The molecular formula is C14H15N3O4S. The molecule has 0 radical (unpaired) electrons. The molecule has 0 aliphatic heterocycles. The first kappa shape index (κ1) is 16.0. The molecule has 22 heavy (non-hydrogen) atoms. The number of hydrogen-bond acceptors (Lipinski definition) is 6. The Morgan fingerprint density at radius 2 is 1.95 bits per heavy atom. The Kier molecular flexibility index (Phi) is 5.16. The topological polar surface area (TPSA) is 105 Å². The molecule has 8 heteroatoms. The number of nitrogens with one attached hydrogen (secondary N) is 2. The summed E-state index contributed by atoms with van der Waals surface area (Å²) in [5, 5.41) is 6.04. The predicted molar refractivity (Wildman–Crippen MR) is 82.0 cm³/mol. The van der Waals surface area contributed by atoms with E-state index in [4.69, 9.17) is 4.74 Å². The molecule has 0 atom stereocenters. The molecule has 0 saturated carbocycles. The highest BCUT2D eigenvalue weighted by Gasteiger charge is 2.09. The smallest absolute Gasteiger partial charge is 0.342 e. The first-order valence-electron chi connectivity index (χ1n) is 6.57. The number of nitrogens with zero attached hydrogens (tertiary/aromatic N) is 1. The molecule has 0 saturated heterocycles. The zero-order valence-corrected chi connectivity index (χ0v) is 12.9. The van der Waals surface area contributed by atoms with Crippen molar-refractivity contribution in [2.45, 2.75) is 30.7 Å². The van der Waals surface area contributed by atoms with Crippen molar-refractivity contribution in [1.29, 1.82) is 0 Å². The lowest BCUT2D eigenvalue weighted by Crippen LogP contribution is -2.24. The Labute approximate surface area is 130 Å². The van der Waals surface area contributed by atoms with Gasteiger partial charge in [0.2, 0.25) is 0 Å². The van der Waals surface area contributed by atoms with Crippen LogP contribution >= 0.6 is 11.8 Å². The second-order valence-corrected chi connectivity index (χ2v) is 5.72. The minimum atomic E-state index is -0.637. The average molecular weight is 321 g/mol. The molecule has 7 nitrogen and oxygen atoms in total. The van der Waals surface area contributed by atoms with E-state index in [9.17, 15) is 14.4 Å². The molecule has 0 unspecified atom stereocenters. The van der Waals surface area contributed by atoms with Gasteiger partial charge in [-0.15, -0.1) is 0 Å². The molecule has 1 aromatic heterocycles. The molecule has 2 aromatic rings. The van der Waals surface area contributed by atoms with E-state index >= 15 is 0 Å². The van der Waals surface area contributed by atoms with E-state index in [0.29, 0.717) is 11.3 Å². The summed E-state index contributed by atoms with van der Waals surface area (Å²) in [4.78, 5) is 36.2. The van der Waals surface area contributed by atoms with Gasteiger partial charge in [0.15, 0.2) is 5.03 Å². The zero-order chi connectivity index (χ0) is 16.1. The van der Waals surface area contributed by atoms with Gasteiger partial charge >= 0.3 is 11.7 Å². The van der Waals surface area contributed by atoms with E-state index in [1.807, 2.05) is 0 Å². The van der Waals surface area contributed by atoms with Crippen molar-refractivity contribution in [2.24, 2.45) is 0 Å². The number of ether oxygens (including phenoxy) is 1. The number of carbonyl (C=O) groups is 1. The van der Waals surface area contributed by atoms with Crippen LogP contribution in [0.2, 0.25) is 0 Å². The fourth-order valence-corrected chi connectivity index (χ4v) is 2.39. The molecule has 0 bridgehead atoms. The third-order valence-corrected chi connectivity index (χ3v) is 3.62. The van der Waals surface area contributed by atoms with E-state index < -0.39 is 11.2 Å². The highest BCUT2D eigenvalue weighted by Crippen LogP contribution is 2.17. The fraction of sp³-hybridized carbons (Fsp3) is 0.286. The number of esters is 1. The van der Waals surface area contributed by atoms with Crippen LogP contribution in [0.15, 0.2) is 38.9 Å². The van der Waals surface area contributed by atoms with Gasteiger partial charge in [-0.1, -0.05) is 23.9 Å². The van der Waals surface area contributed by atoms with Crippen molar-refractivity contribution in [1.82, 2.24) is 15.2 Å². The van der Waals surface area contributed by atoms with Crippen LogP contribution in [0.5, 0.6) is 0 Å². The Hall–Kier alpha value is -2.35. The van der Waals surface area contributed by atoms with Crippen molar-refractivity contribution in [3.05, 3.63) is 56.2 Å². The first-order valence-corrected chi connectivity index (χ1v) is 7.56. The zero-order valence-electron chi connectivity index (χ0n) is 12.1. The summed E-state index contributed by atoms with van der Waals surface area (Å²) < 4.78 is 5.10. The Morgan fingerprint density at radius 1 is 1.27 bits per heavy atom. The molecule has 2 N–H and O–H groups in total. The number of H-pyrrole nitrogens is 2. The summed E-state index contributed by atoms with van der Waals surface area (Å²) in [6, 6.07) is 6.91. The van der Waals surface area contributed by atoms with E-state index in [2.05, 4.69) is 15.2 Å². The standard InChI is InChI=1S/C14H15N3O4S/c1-8(2)21-13(19)10-5-3-9(4-6-10)7-22-12-11(18)15-14(20)17-16-12/h3-6,8H,7H2,1-2H3,(H2,15,17,18,20). The lowest BCUT2D eigenvalue weighted by atomic mass is 10.1. The Morgan fingerprint density at radius 3 is 2.55 bits per heavy atom. The van der Waals surface area contributed by atoms with E-state index in [-0.39, 0.29) is 17.1 Å². The molecule has 1 aromatic carbocycles. The highest BCUT2D eigenvalue weighted by atomic mass is 32.2. The van der Waals surface area contributed by atoms with Crippen LogP contribution in [0.4, 0.5) is 0 Å². The summed E-state index contributed by atoms with van der Waals surface area (Å²) >= 11 is 1.19. The molecular weight excluding hydrogens is 306 g/mol. The third kappa shape index (κ3) is 4.32. The van der Waals surface area contributed by atoms with Gasteiger partial charge in [-0.25, -0.2) is 14.7 Å². The summed E-state index contributed by atoms with van der Waals surface area (Å²) in [5.41, 5.74) is 0.231. The maximum Gasteiger partial charge on any atom is 0.342 e. The van der Waals surface area contributed by atoms with Crippen LogP contribution in [0.25, 0.3) is 0 Å². The van der Waals surface area contributed by atoms with Crippen LogP contribution < -0.4 is 11.2 Å². The molecule has 0 spiro atoms. The van der Waals surface area contributed by atoms with E-state index in [1.54, 1.807) is 38.1 Å². The number of hydrogen-bond donors (Lipinski definition) is 2. The average Bonchev–Trinajstić information content (AvgIpc) is 2.46. The second kappa shape index (κ2) is 7.08. The van der Waals surface area contributed by atoms with Crippen LogP contribution in [0.1, 0.15) is 29.8 Å². The molecule has 0 aliphatic rings. The number of thioether (sulfide) groups is 1. The van der Waals surface area contributed by atoms with Gasteiger partial charge in [-0.2, -0.15) is 5.10 Å². The maximum atomic E-state index is 11.7. The van der Waals surface area contributed by atoms with Crippen molar-refractivity contribution in [3.8, 4) is 0 Å². The second-order valence-electron chi connectivity index (χ2n) is 4.75. The lowest BCUT2D eigenvalue weighted by molar-refractivity contribution is 0.0378. The molecule has 0 fully saturated rings. The van der Waals surface area contributed by atoms with Gasteiger partial charge in [-0.05, 0) is 31.5 Å². The van der Waals surface area contributed by atoms with Crippen molar-refractivity contribution < 1.29 is 9.53 Å². The van der Waals surface area contributed by atoms with Crippen LogP contribution in [0, 0.1) is 0 Å².